The third-order valence-corrected chi connectivity index (χ3v) is 3.05. The Morgan fingerprint density at radius 3 is 2.70 bits per heavy atom. The van der Waals surface area contributed by atoms with Gasteiger partial charge in [-0.25, -0.2) is 4.98 Å². The van der Waals surface area contributed by atoms with Gasteiger partial charge in [0.15, 0.2) is 0 Å². The highest BCUT2D eigenvalue weighted by Crippen LogP contribution is 2.29. The van der Waals surface area contributed by atoms with E-state index in [9.17, 15) is 10.1 Å². The van der Waals surface area contributed by atoms with Crippen LogP contribution in [-0.4, -0.2) is 21.9 Å². The Hall–Kier alpha value is -2.22. The molecule has 0 unspecified atom stereocenters. The topological polar surface area (TPSA) is 93.0 Å². The molecule has 20 heavy (non-hydrogen) atoms. The first-order valence-corrected chi connectivity index (χ1v) is 6.54. The molecule has 1 aromatic heterocycles. The standard InChI is InChI=1S/C12H12BrN5O2/c1-7-10(18(19)20)11(17-12(14-2)15-7)16-9-5-3-4-8(13)6-9/h3-6H,1-2H3,(H2,14,15,16,17). The van der Waals surface area contributed by atoms with E-state index in [4.69, 9.17) is 0 Å². The van der Waals surface area contributed by atoms with Gasteiger partial charge >= 0.3 is 5.69 Å². The van der Waals surface area contributed by atoms with E-state index < -0.39 is 4.92 Å². The van der Waals surface area contributed by atoms with Crippen molar-refractivity contribution < 1.29 is 4.92 Å². The van der Waals surface area contributed by atoms with Crippen molar-refractivity contribution in [3.8, 4) is 0 Å². The smallest absolute Gasteiger partial charge is 0.332 e. The van der Waals surface area contributed by atoms with Gasteiger partial charge in [0.05, 0.1) is 4.92 Å². The number of nitrogens with zero attached hydrogens (tertiary/aromatic N) is 3. The summed E-state index contributed by atoms with van der Waals surface area (Å²) < 4.78 is 0.866. The van der Waals surface area contributed by atoms with Crippen molar-refractivity contribution in [1.82, 2.24) is 9.97 Å². The number of nitro groups is 1. The molecule has 0 bridgehead atoms. The molecule has 0 radical (unpaired) electrons. The van der Waals surface area contributed by atoms with Gasteiger partial charge in [0.1, 0.15) is 5.69 Å². The number of aryl methyl sites for hydroxylation is 1. The molecule has 8 heteroatoms. The minimum absolute atomic E-state index is 0.135. The SMILES string of the molecule is CNc1nc(C)c([N+](=O)[O-])c(Nc2cccc(Br)c2)n1. The molecule has 0 fully saturated rings. The van der Waals surface area contributed by atoms with E-state index in [2.05, 4.69) is 36.5 Å². The molecule has 0 aliphatic heterocycles. The first-order valence-electron chi connectivity index (χ1n) is 5.74. The Morgan fingerprint density at radius 1 is 1.35 bits per heavy atom. The normalized spacial score (nSPS) is 10.2. The lowest BCUT2D eigenvalue weighted by Gasteiger charge is -2.09. The average molecular weight is 338 g/mol. The maximum atomic E-state index is 11.2. The van der Waals surface area contributed by atoms with Crippen molar-refractivity contribution in [1.29, 1.82) is 0 Å². The van der Waals surface area contributed by atoms with E-state index in [0.29, 0.717) is 17.3 Å². The van der Waals surface area contributed by atoms with Crippen LogP contribution in [0.25, 0.3) is 0 Å². The lowest BCUT2D eigenvalue weighted by Crippen LogP contribution is -2.07. The minimum atomic E-state index is -0.491. The summed E-state index contributed by atoms with van der Waals surface area (Å²) in [7, 11) is 1.66. The Labute approximate surface area is 123 Å². The zero-order chi connectivity index (χ0) is 14.7. The van der Waals surface area contributed by atoms with Crippen molar-refractivity contribution in [3.63, 3.8) is 0 Å². The van der Waals surface area contributed by atoms with Crippen LogP contribution in [0.4, 0.5) is 23.1 Å². The zero-order valence-corrected chi connectivity index (χ0v) is 12.4. The van der Waals surface area contributed by atoms with Crippen molar-refractivity contribution in [2.75, 3.05) is 17.7 Å². The fraction of sp³-hybridized carbons (Fsp3) is 0.167. The van der Waals surface area contributed by atoms with Gasteiger partial charge in [-0.2, -0.15) is 4.98 Å². The summed E-state index contributed by atoms with van der Waals surface area (Å²) in [5, 5.41) is 16.9. The highest BCUT2D eigenvalue weighted by atomic mass is 79.9. The quantitative estimate of drug-likeness (QED) is 0.657. The van der Waals surface area contributed by atoms with Crippen LogP contribution in [-0.2, 0) is 0 Å². The summed E-state index contributed by atoms with van der Waals surface area (Å²) >= 11 is 3.35. The average Bonchev–Trinajstić information content (AvgIpc) is 2.37. The van der Waals surface area contributed by atoms with Gasteiger partial charge in [-0.05, 0) is 25.1 Å². The minimum Gasteiger partial charge on any atom is -0.357 e. The molecule has 0 saturated carbocycles. The van der Waals surface area contributed by atoms with E-state index in [1.807, 2.05) is 12.1 Å². The summed E-state index contributed by atoms with van der Waals surface area (Å²) in [6.07, 6.45) is 0. The molecule has 2 rings (SSSR count). The van der Waals surface area contributed by atoms with Crippen LogP contribution in [0.2, 0.25) is 0 Å². The van der Waals surface area contributed by atoms with Gasteiger partial charge in [0, 0.05) is 17.2 Å². The van der Waals surface area contributed by atoms with Crippen LogP contribution in [0.5, 0.6) is 0 Å². The lowest BCUT2D eigenvalue weighted by atomic mass is 10.3. The molecule has 0 amide bonds. The molecular weight excluding hydrogens is 326 g/mol. The van der Waals surface area contributed by atoms with Crippen LogP contribution in [0.15, 0.2) is 28.7 Å². The maximum absolute atomic E-state index is 11.2. The highest BCUT2D eigenvalue weighted by Gasteiger charge is 2.22. The van der Waals surface area contributed by atoms with Gasteiger partial charge in [0.25, 0.3) is 0 Å². The number of anilines is 3. The molecule has 7 nitrogen and oxygen atoms in total. The molecule has 104 valence electrons. The third-order valence-electron chi connectivity index (χ3n) is 2.55. The van der Waals surface area contributed by atoms with Gasteiger partial charge in [0.2, 0.25) is 11.8 Å². The number of hydrogen-bond donors (Lipinski definition) is 2. The van der Waals surface area contributed by atoms with E-state index in [-0.39, 0.29) is 11.5 Å². The molecule has 0 spiro atoms. The van der Waals surface area contributed by atoms with Crippen molar-refractivity contribution in [3.05, 3.63) is 44.5 Å². The van der Waals surface area contributed by atoms with Crippen LogP contribution in [0, 0.1) is 17.0 Å². The summed E-state index contributed by atoms with van der Waals surface area (Å²) in [5.41, 5.74) is 0.860. The second-order valence-electron chi connectivity index (χ2n) is 3.97. The largest absolute Gasteiger partial charge is 0.357 e. The number of rotatable bonds is 4. The fourth-order valence-corrected chi connectivity index (χ4v) is 2.09. The van der Waals surface area contributed by atoms with Crippen LogP contribution < -0.4 is 10.6 Å². The van der Waals surface area contributed by atoms with E-state index in [1.165, 1.54) is 0 Å². The first kappa shape index (κ1) is 14.2. The van der Waals surface area contributed by atoms with E-state index in [0.717, 1.165) is 4.47 Å². The molecule has 1 heterocycles. The van der Waals surface area contributed by atoms with Crippen molar-refractivity contribution >= 4 is 39.1 Å². The molecule has 1 aromatic carbocycles. The summed E-state index contributed by atoms with van der Waals surface area (Å²) in [4.78, 5) is 18.8. The molecule has 0 saturated heterocycles. The maximum Gasteiger partial charge on any atom is 0.332 e. The molecular formula is C12H12BrN5O2. The summed E-state index contributed by atoms with van der Waals surface area (Å²) in [5.74, 6) is 0.482. The predicted molar refractivity (Wildman–Crippen MR) is 80.4 cm³/mol. The Bertz CT molecular complexity index is 662. The first-order chi connectivity index (χ1) is 9.51. The number of hydrogen-bond acceptors (Lipinski definition) is 6. The van der Waals surface area contributed by atoms with Gasteiger partial charge in [-0.1, -0.05) is 22.0 Å². The molecule has 0 aliphatic rings. The number of halogens is 1. The monoisotopic (exact) mass is 337 g/mol. The van der Waals surface area contributed by atoms with Crippen LogP contribution in [0.1, 0.15) is 5.69 Å². The molecule has 0 aliphatic carbocycles. The zero-order valence-electron chi connectivity index (χ0n) is 10.8. The molecule has 0 atom stereocenters. The Kier molecular flexibility index (Phi) is 4.14. The summed E-state index contributed by atoms with van der Waals surface area (Å²) in [6, 6.07) is 7.29. The van der Waals surface area contributed by atoms with E-state index in [1.54, 1.807) is 26.1 Å². The van der Waals surface area contributed by atoms with Gasteiger partial charge in [-0.15, -0.1) is 0 Å². The van der Waals surface area contributed by atoms with Crippen molar-refractivity contribution in [2.45, 2.75) is 6.92 Å². The molecule has 2 N–H and O–H groups in total. The highest BCUT2D eigenvalue weighted by molar-refractivity contribution is 9.10. The van der Waals surface area contributed by atoms with Crippen LogP contribution in [0.3, 0.4) is 0 Å². The van der Waals surface area contributed by atoms with Crippen molar-refractivity contribution in [2.24, 2.45) is 0 Å². The fourth-order valence-electron chi connectivity index (χ4n) is 1.69. The van der Waals surface area contributed by atoms with E-state index >= 15 is 0 Å². The second-order valence-corrected chi connectivity index (χ2v) is 4.89. The lowest BCUT2D eigenvalue weighted by molar-refractivity contribution is -0.385. The Morgan fingerprint density at radius 2 is 2.10 bits per heavy atom. The Balaban J connectivity index is 2.48. The number of nitrogens with one attached hydrogen (secondary N) is 2. The second kappa shape index (κ2) is 5.83. The molecule has 2 aromatic rings. The predicted octanol–water partition coefficient (Wildman–Crippen LogP) is 3.24. The summed E-state index contributed by atoms with van der Waals surface area (Å²) in [6.45, 7) is 1.58. The number of benzene rings is 1. The van der Waals surface area contributed by atoms with Gasteiger partial charge in [-0.3, -0.25) is 10.1 Å². The van der Waals surface area contributed by atoms with Gasteiger partial charge < -0.3 is 10.6 Å². The third kappa shape index (κ3) is 3.02. The number of aromatic nitrogens is 2. The van der Waals surface area contributed by atoms with Crippen LogP contribution >= 0.6 is 15.9 Å².